The number of hydrogen-bond donors (Lipinski definition) is 1. The Balaban J connectivity index is 1.61. The minimum absolute atomic E-state index is 0.0316. The minimum Gasteiger partial charge on any atom is -0.381 e. The Morgan fingerprint density at radius 2 is 1.64 bits per heavy atom. The maximum atomic E-state index is 13.8. The van der Waals surface area contributed by atoms with Crippen LogP contribution in [0.15, 0.2) is 103 Å². The van der Waals surface area contributed by atoms with E-state index in [1.807, 2.05) is 0 Å². The van der Waals surface area contributed by atoms with Gasteiger partial charge in [0.25, 0.3) is 5.69 Å². The van der Waals surface area contributed by atoms with E-state index in [1.165, 1.54) is 30.5 Å². The van der Waals surface area contributed by atoms with E-state index in [0.717, 1.165) is 6.07 Å². The number of fused-ring (bicyclic) bond motifs is 1. The van der Waals surface area contributed by atoms with Crippen LogP contribution in [0.2, 0.25) is 0 Å². The Morgan fingerprint density at radius 3 is 2.38 bits per heavy atom. The standard InChI is InChI=1S/C30H20F3N3O3/c31-30(32,33)26-14-6-13-24-27(25(18-35-28(24)26)29(37)20-8-2-1-3-9-20)21-10-5-11-22(16-21)34-17-19-7-4-12-23(15-19)36(38)39/h1-16,18,34H,17H2. The lowest BCUT2D eigenvalue weighted by Crippen LogP contribution is -2.09. The van der Waals surface area contributed by atoms with E-state index in [9.17, 15) is 28.1 Å². The van der Waals surface area contributed by atoms with Crippen molar-refractivity contribution in [3.8, 4) is 11.1 Å². The number of carbonyl (C=O) groups is 1. The van der Waals surface area contributed by atoms with E-state index in [2.05, 4.69) is 10.3 Å². The van der Waals surface area contributed by atoms with Gasteiger partial charge in [0.2, 0.25) is 0 Å². The van der Waals surface area contributed by atoms with Crippen molar-refractivity contribution in [1.29, 1.82) is 0 Å². The molecule has 0 atom stereocenters. The Kier molecular flexibility index (Phi) is 6.81. The van der Waals surface area contributed by atoms with Crippen LogP contribution >= 0.6 is 0 Å². The van der Waals surface area contributed by atoms with Crippen molar-refractivity contribution in [2.75, 3.05) is 5.32 Å². The molecule has 0 aliphatic heterocycles. The van der Waals surface area contributed by atoms with Crippen LogP contribution in [0.25, 0.3) is 22.0 Å². The largest absolute Gasteiger partial charge is 0.418 e. The van der Waals surface area contributed by atoms with Gasteiger partial charge in [0.05, 0.1) is 16.0 Å². The van der Waals surface area contributed by atoms with Crippen LogP contribution in [0.5, 0.6) is 0 Å². The van der Waals surface area contributed by atoms with E-state index in [4.69, 9.17) is 0 Å². The molecule has 194 valence electrons. The van der Waals surface area contributed by atoms with E-state index in [-0.39, 0.29) is 34.5 Å². The van der Waals surface area contributed by atoms with Gasteiger partial charge in [-0.3, -0.25) is 19.9 Å². The first-order chi connectivity index (χ1) is 18.7. The number of nitro benzene ring substituents is 1. The molecule has 1 heterocycles. The molecule has 0 aliphatic rings. The number of nitrogens with zero attached hydrogens (tertiary/aromatic N) is 2. The highest BCUT2D eigenvalue weighted by atomic mass is 19.4. The number of benzene rings is 4. The van der Waals surface area contributed by atoms with E-state index < -0.39 is 16.7 Å². The smallest absolute Gasteiger partial charge is 0.381 e. The van der Waals surface area contributed by atoms with Gasteiger partial charge in [0.15, 0.2) is 5.78 Å². The van der Waals surface area contributed by atoms with Crippen LogP contribution in [-0.4, -0.2) is 15.7 Å². The third-order valence-electron chi connectivity index (χ3n) is 6.25. The third kappa shape index (κ3) is 5.33. The number of ketones is 1. The number of hydrogen-bond acceptors (Lipinski definition) is 5. The minimum atomic E-state index is -4.63. The Morgan fingerprint density at radius 1 is 0.897 bits per heavy atom. The van der Waals surface area contributed by atoms with Gasteiger partial charge in [-0.05, 0) is 29.3 Å². The predicted octanol–water partition coefficient (Wildman–Crippen LogP) is 7.67. The van der Waals surface area contributed by atoms with Crippen LogP contribution in [0.1, 0.15) is 27.0 Å². The number of anilines is 1. The van der Waals surface area contributed by atoms with Crippen molar-refractivity contribution in [3.05, 3.63) is 136 Å². The van der Waals surface area contributed by atoms with Crippen LogP contribution in [0, 0.1) is 10.1 Å². The van der Waals surface area contributed by atoms with Crippen molar-refractivity contribution in [3.63, 3.8) is 0 Å². The van der Waals surface area contributed by atoms with Gasteiger partial charge in [-0.1, -0.05) is 66.7 Å². The highest BCUT2D eigenvalue weighted by Gasteiger charge is 2.34. The van der Waals surface area contributed by atoms with Gasteiger partial charge >= 0.3 is 6.18 Å². The molecule has 1 N–H and O–H groups in total. The molecule has 0 bridgehead atoms. The SMILES string of the molecule is O=C(c1ccccc1)c1cnc2c(C(F)(F)F)cccc2c1-c1cccc(NCc2cccc([N+](=O)[O-])c2)c1. The van der Waals surface area contributed by atoms with Crippen molar-refractivity contribution < 1.29 is 22.9 Å². The molecule has 0 unspecified atom stereocenters. The molecule has 1 aromatic heterocycles. The summed E-state index contributed by atoms with van der Waals surface area (Å²) in [5.74, 6) is -0.368. The first kappa shape index (κ1) is 25.6. The van der Waals surface area contributed by atoms with Crippen LogP contribution in [-0.2, 0) is 12.7 Å². The van der Waals surface area contributed by atoms with Crippen LogP contribution in [0.4, 0.5) is 24.5 Å². The summed E-state index contributed by atoms with van der Waals surface area (Å²) in [4.78, 5) is 28.2. The van der Waals surface area contributed by atoms with E-state index >= 15 is 0 Å². The average Bonchev–Trinajstić information content (AvgIpc) is 2.95. The molecule has 0 aliphatic carbocycles. The van der Waals surface area contributed by atoms with Crippen molar-refractivity contribution in [1.82, 2.24) is 4.98 Å². The van der Waals surface area contributed by atoms with Gasteiger partial charge in [0, 0.05) is 52.6 Å². The van der Waals surface area contributed by atoms with Gasteiger partial charge in [-0.25, -0.2) is 0 Å². The number of rotatable bonds is 7. The maximum Gasteiger partial charge on any atom is 0.418 e. The summed E-state index contributed by atoms with van der Waals surface area (Å²) in [7, 11) is 0. The molecule has 0 radical (unpaired) electrons. The Hall–Kier alpha value is -5.05. The molecule has 0 fully saturated rings. The Bertz CT molecular complexity index is 1700. The van der Waals surface area contributed by atoms with Crippen molar-refractivity contribution in [2.24, 2.45) is 0 Å². The summed E-state index contributed by atoms with van der Waals surface area (Å²) in [5.41, 5.74) is 1.53. The number of para-hydroxylation sites is 1. The van der Waals surface area contributed by atoms with E-state index in [1.54, 1.807) is 66.7 Å². The molecular weight excluding hydrogens is 507 g/mol. The van der Waals surface area contributed by atoms with Crippen LogP contribution in [0.3, 0.4) is 0 Å². The van der Waals surface area contributed by atoms with Crippen molar-refractivity contribution in [2.45, 2.75) is 12.7 Å². The fraction of sp³-hybridized carbons (Fsp3) is 0.0667. The highest BCUT2D eigenvalue weighted by Crippen LogP contribution is 2.39. The van der Waals surface area contributed by atoms with Gasteiger partial charge in [-0.15, -0.1) is 0 Å². The van der Waals surface area contributed by atoms with Gasteiger partial charge in [-0.2, -0.15) is 13.2 Å². The summed E-state index contributed by atoms with van der Waals surface area (Å²) in [6, 6.07) is 25.4. The topological polar surface area (TPSA) is 85.1 Å². The zero-order valence-corrected chi connectivity index (χ0v) is 20.3. The normalized spacial score (nSPS) is 11.4. The molecule has 39 heavy (non-hydrogen) atoms. The molecule has 0 amide bonds. The molecular formula is C30H20F3N3O3. The summed E-state index contributed by atoms with van der Waals surface area (Å²) in [6.45, 7) is 0.274. The molecule has 5 rings (SSSR count). The molecule has 4 aromatic carbocycles. The van der Waals surface area contributed by atoms with Crippen LogP contribution < -0.4 is 5.32 Å². The lowest BCUT2D eigenvalue weighted by molar-refractivity contribution is -0.384. The number of halogens is 3. The highest BCUT2D eigenvalue weighted by molar-refractivity contribution is 6.16. The number of pyridine rings is 1. The third-order valence-corrected chi connectivity index (χ3v) is 6.25. The van der Waals surface area contributed by atoms with Gasteiger partial charge < -0.3 is 5.32 Å². The number of nitrogens with one attached hydrogen (secondary N) is 1. The van der Waals surface area contributed by atoms with Gasteiger partial charge in [0.1, 0.15) is 0 Å². The quantitative estimate of drug-likeness (QED) is 0.133. The number of nitro groups is 1. The molecule has 0 spiro atoms. The second-order valence-corrected chi connectivity index (χ2v) is 8.80. The number of non-ortho nitro benzene ring substituents is 1. The van der Waals surface area contributed by atoms with E-state index in [0.29, 0.717) is 27.9 Å². The molecule has 6 nitrogen and oxygen atoms in total. The number of aromatic nitrogens is 1. The maximum absolute atomic E-state index is 13.8. The number of alkyl halides is 3. The fourth-order valence-corrected chi connectivity index (χ4v) is 4.45. The molecule has 9 heteroatoms. The zero-order chi connectivity index (χ0) is 27.6. The summed E-state index contributed by atoms with van der Waals surface area (Å²) in [6.07, 6.45) is -3.43. The second kappa shape index (κ2) is 10.4. The monoisotopic (exact) mass is 527 g/mol. The fourth-order valence-electron chi connectivity index (χ4n) is 4.45. The molecule has 5 aromatic rings. The summed E-state index contributed by atoms with van der Waals surface area (Å²) in [5, 5.41) is 14.5. The average molecular weight is 528 g/mol. The Labute approximate surface area is 220 Å². The zero-order valence-electron chi connectivity index (χ0n) is 20.3. The first-order valence-corrected chi connectivity index (χ1v) is 11.9. The second-order valence-electron chi connectivity index (χ2n) is 8.80. The molecule has 0 saturated carbocycles. The van der Waals surface area contributed by atoms with Crippen molar-refractivity contribution >= 4 is 28.1 Å². The summed E-state index contributed by atoms with van der Waals surface area (Å²) < 4.78 is 41.5. The predicted molar refractivity (Wildman–Crippen MR) is 142 cm³/mol. The number of carbonyl (C=O) groups excluding carboxylic acids is 1. The lowest BCUT2D eigenvalue weighted by atomic mass is 9.91. The lowest BCUT2D eigenvalue weighted by Gasteiger charge is -2.16. The first-order valence-electron chi connectivity index (χ1n) is 11.9. The molecule has 0 saturated heterocycles. The summed E-state index contributed by atoms with van der Waals surface area (Å²) >= 11 is 0.